The molecule has 0 saturated carbocycles. The molecule has 1 amide bonds. The van der Waals surface area contributed by atoms with Gasteiger partial charge in [0.25, 0.3) is 0 Å². The van der Waals surface area contributed by atoms with Crippen molar-refractivity contribution in [2.45, 2.75) is 52.1 Å². The molecule has 2 aromatic heterocycles. The fourth-order valence-corrected chi connectivity index (χ4v) is 6.29. The normalized spacial score (nSPS) is 21.7. The molecule has 3 aromatic rings. The summed E-state index contributed by atoms with van der Waals surface area (Å²) >= 11 is 1.42. The van der Waals surface area contributed by atoms with Crippen LogP contribution in [0.3, 0.4) is 0 Å². The van der Waals surface area contributed by atoms with Crippen molar-refractivity contribution in [1.82, 2.24) is 4.90 Å². The summed E-state index contributed by atoms with van der Waals surface area (Å²) in [7, 11) is 1.56. The molecule has 190 valence electrons. The average Bonchev–Trinajstić information content (AvgIpc) is 3.54. The number of Topliss-reactive ketones (excluding diaryl/α,β-unsaturated/α-hetero) is 1. The van der Waals surface area contributed by atoms with E-state index in [9.17, 15) is 19.5 Å². The number of hydrogen-bond acceptors (Lipinski definition) is 6. The average molecular weight is 510 g/mol. The number of furan rings is 1. The van der Waals surface area contributed by atoms with Crippen molar-refractivity contribution < 1.29 is 28.6 Å². The van der Waals surface area contributed by atoms with E-state index >= 15 is 0 Å². The molecule has 7 nitrogen and oxygen atoms in total. The summed E-state index contributed by atoms with van der Waals surface area (Å²) < 4.78 is 11.0. The zero-order chi connectivity index (χ0) is 26.1. The third-order valence-electron chi connectivity index (χ3n) is 6.74. The second-order valence-electron chi connectivity index (χ2n) is 9.69. The third kappa shape index (κ3) is 4.69. The maximum Gasteiger partial charge on any atom is 0.327 e. The van der Waals surface area contributed by atoms with E-state index in [1.807, 2.05) is 32.2 Å². The van der Waals surface area contributed by atoms with Crippen molar-refractivity contribution in [3.63, 3.8) is 0 Å². The van der Waals surface area contributed by atoms with E-state index in [4.69, 9.17) is 9.15 Å². The maximum atomic E-state index is 14.1. The van der Waals surface area contributed by atoms with Crippen LogP contribution in [0.25, 0.3) is 0 Å². The molecular formula is C28H31NO6S. The van der Waals surface area contributed by atoms with Crippen LogP contribution in [0.5, 0.6) is 5.75 Å². The minimum atomic E-state index is -1.20. The van der Waals surface area contributed by atoms with Crippen LogP contribution in [-0.4, -0.2) is 40.8 Å². The zero-order valence-electron chi connectivity index (χ0n) is 21.1. The minimum Gasteiger partial charge on any atom is -0.497 e. The monoisotopic (exact) mass is 509 g/mol. The number of nitrogens with zero attached hydrogens (tertiary/aromatic N) is 1. The molecule has 0 bridgehead atoms. The summed E-state index contributed by atoms with van der Waals surface area (Å²) in [4.78, 5) is 42.9. The van der Waals surface area contributed by atoms with Crippen molar-refractivity contribution in [1.29, 1.82) is 0 Å². The molecule has 0 radical (unpaired) electrons. The SMILES string of the molecule is COc1ccc(C2C(C(=O)c3ccc(C)o3)C(c3sccc3C)C(C(=O)O)N2C(=O)CC(C)C)cc1. The molecule has 0 aliphatic carbocycles. The number of benzene rings is 1. The van der Waals surface area contributed by atoms with E-state index in [2.05, 4.69) is 0 Å². The van der Waals surface area contributed by atoms with Crippen molar-refractivity contribution in [3.05, 3.63) is 75.4 Å². The highest BCUT2D eigenvalue weighted by atomic mass is 32.1. The lowest BCUT2D eigenvalue weighted by molar-refractivity contribution is -0.150. The minimum absolute atomic E-state index is 0.0212. The fraction of sp³-hybridized carbons (Fsp3) is 0.393. The lowest BCUT2D eigenvalue weighted by Crippen LogP contribution is -2.44. The van der Waals surface area contributed by atoms with Crippen molar-refractivity contribution in [3.8, 4) is 5.75 Å². The number of thiophene rings is 1. The Morgan fingerprint density at radius 2 is 1.78 bits per heavy atom. The molecule has 1 saturated heterocycles. The standard InChI is InChI=1S/C28H31NO6S/c1-15(2)14-21(30)29-24(18-7-9-19(34-5)10-8-18)22(26(31)20-11-6-17(4)35-20)23(25(29)28(32)33)27-16(3)12-13-36-27/h6-13,15,22-25H,14H2,1-5H3,(H,32,33). The van der Waals surface area contributed by atoms with Crippen LogP contribution in [0.4, 0.5) is 0 Å². The topological polar surface area (TPSA) is 97.0 Å². The smallest absolute Gasteiger partial charge is 0.327 e. The van der Waals surface area contributed by atoms with E-state index in [0.717, 1.165) is 10.4 Å². The number of aryl methyl sites for hydroxylation is 2. The van der Waals surface area contributed by atoms with E-state index < -0.39 is 29.9 Å². The molecule has 0 spiro atoms. The molecule has 1 aliphatic heterocycles. The molecule has 1 aliphatic rings. The van der Waals surface area contributed by atoms with Crippen LogP contribution in [0, 0.1) is 25.7 Å². The fourth-order valence-electron chi connectivity index (χ4n) is 5.19. The number of hydrogen-bond donors (Lipinski definition) is 1. The molecule has 1 N–H and O–H groups in total. The molecule has 1 fully saturated rings. The van der Waals surface area contributed by atoms with E-state index in [1.54, 1.807) is 50.4 Å². The zero-order valence-corrected chi connectivity index (χ0v) is 21.9. The van der Waals surface area contributed by atoms with Gasteiger partial charge in [0.15, 0.2) is 5.76 Å². The van der Waals surface area contributed by atoms with E-state index in [1.165, 1.54) is 16.2 Å². The lowest BCUT2D eigenvalue weighted by Gasteiger charge is -2.31. The number of likely N-dealkylation sites (tertiary alicyclic amines) is 1. The molecule has 4 unspecified atom stereocenters. The molecule has 36 heavy (non-hydrogen) atoms. The number of rotatable bonds is 8. The number of carbonyl (C=O) groups excluding carboxylic acids is 2. The largest absolute Gasteiger partial charge is 0.497 e. The van der Waals surface area contributed by atoms with Gasteiger partial charge in [-0.3, -0.25) is 9.59 Å². The van der Waals surface area contributed by atoms with Crippen LogP contribution in [0.1, 0.15) is 64.5 Å². The molecular weight excluding hydrogens is 478 g/mol. The summed E-state index contributed by atoms with van der Waals surface area (Å²) in [6, 6.07) is 10.4. The Morgan fingerprint density at radius 3 is 2.28 bits per heavy atom. The van der Waals surface area contributed by atoms with E-state index in [0.29, 0.717) is 17.1 Å². The van der Waals surface area contributed by atoms with Crippen molar-refractivity contribution >= 4 is 29.0 Å². The number of amides is 1. The highest BCUT2D eigenvalue weighted by Gasteiger charge is 2.58. The van der Waals surface area contributed by atoms with Gasteiger partial charge in [0.1, 0.15) is 17.6 Å². The van der Waals surface area contributed by atoms with Gasteiger partial charge in [-0.15, -0.1) is 11.3 Å². The van der Waals surface area contributed by atoms with Crippen molar-refractivity contribution in [2.24, 2.45) is 11.8 Å². The number of methoxy groups -OCH3 is 1. The number of ether oxygens (including phenoxy) is 1. The second-order valence-corrected chi connectivity index (χ2v) is 10.6. The number of carboxylic acid groups (broad SMARTS) is 1. The Bertz CT molecular complexity index is 1260. The summed E-state index contributed by atoms with van der Waals surface area (Å²) in [5.74, 6) is -1.91. The highest BCUT2D eigenvalue weighted by Crippen LogP contribution is 2.53. The molecule has 8 heteroatoms. The summed E-state index contributed by atoms with van der Waals surface area (Å²) in [6.45, 7) is 7.50. The van der Waals surface area contributed by atoms with Crippen LogP contribution >= 0.6 is 11.3 Å². The van der Waals surface area contributed by atoms with Crippen LogP contribution in [0.15, 0.2) is 52.3 Å². The highest BCUT2D eigenvalue weighted by molar-refractivity contribution is 7.10. The van der Waals surface area contributed by atoms with Crippen LogP contribution in [-0.2, 0) is 9.59 Å². The van der Waals surface area contributed by atoms with Gasteiger partial charge in [-0.2, -0.15) is 0 Å². The van der Waals surface area contributed by atoms with Crippen LogP contribution < -0.4 is 4.74 Å². The van der Waals surface area contributed by atoms with Crippen LogP contribution in [0.2, 0.25) is 0 Å². The Labute approximate surface area is 214 Å². The Kier molecular flexibility index (Phi) is 7.36. The van der Waals surface area contributed by atoms with Gasteiger partial charge >= 0.3 is 5.97 Å². The van der Waals surface area contributed by atoms with Gasteiger partial charge in [0, 0.05) is 17.2 Å². The summed E-state index contributed by atoms with van der Waals surface area (Å²) in [6.07, 6.45) is 0.174. The van der Waals surface area contributed by atoms with Gasteiger partial charge in [-0.1, -0.05) is 26.0 Å². The molecule has 3 heterocycles. The first-order valence-corrected chi connectivity index (χ1v) is 12.8. The third-order valence-corrected chi connectivity index (χ3v) is 7.86. The van der Waals surface area contributed by atoms with Gasteiger partial charge in [-0.25, -0.2) is 4.79 Å². The first-order chi connectivity index (χ1) is 17.1. The molecule has 4 atom stereocenters. The van der Waals surface area contributed by atoms with Gasteiger partial charge < -0.3 is 19.2 Å². The number of aliphatic carboxylic acids is 1. The predicted molar refractivity (Wildman–Crippen MR) is 137 cm³/mol. The molecule has 4 rings (SSSR count). The summed E-state index contributed by atoms with van der Waals surface area (Å²) in [5, 5.41) is 12.4. The maximum absolute atomic E-state index is 14.1. The Morgan fingerprint density at radius 1 is 1.08 bits per heavy atom. The lowest BCUT2D eigenvalue weighted by atomic mass is 9.79. The van der Waals surface area contributed by atoms with E-state index in [-0.39, 0.29) is 29.8 Å². The first kappa shape index (κ1) is 25.7. The van der Waals surface area contributed by atoms with Crippen molar-refractivity contribution in [2.75, 3.05) is 7.11 Å². The molecule has 1 aromatic carbocycles. The Hall–Kier alpha value is -3.39. The number of carboxylic acids is 1. The summed E-state index contributed by atoms with van der Waals surface area (Å²) in [5.41, 5.74) is 1.58. The van der Waals surface area contributed by atoms with Gasteiger partial charge in [0.05, 0.1) is 19.1 Å². The quantitative estimate of drug-likeness (QED) is 0.395. The first-order valence-electron chi connectivity index (χ1n) is 12.0. The van der Waals surface area contributed by atoms with Gasteiger partial charge in [0.2, 0.25) is 11.7 Å². The van der Waals surface area contributed by atoms with Gasteiger partial charge in [-0.05, 0) is 66.6 Å². The number of ketones is 1. The Balaban J connectivity index is 1.97. The number of carbonyl (C=O) groups is 3. The second kappa shape index (κ2) is 10.3. The predicted octanol–water partition coefficient (Wildman–Crippen LogP) is 5.63.